The summed E-state index contributed by atoms with van der Waals surface area (Å²) in [6.07, 6.45) is 0. The molecule has 12 nitrogen and oxygen atoms in total. The minimum Gasteiger partial charge on any atom is -0.693 e. The molecule has 0 aliphatic heterocycles. The van der Waals surface area contributed by atoms with Crippen LogP contribution in [0.3, 0.4) is 0 Å². The van der Waals surface area contributed by atoms with Crippen LogP contribution < -0.4 is 0 Å². The van der Waals surface area contributed by atoms with Crippen LogP contribution in [0.4, 0.5) is 0 Å². The van der Waals surface area contributed by atoms with E-state index in [4.69, 9.17) is 35.6 Å². The third-order valence-electron chi connectivity index (χ3n) is 0. The van der Waals surface area contributed by atoms with Gasteiger partial charge in [-0.25, -0.2) is 0 Å². The van der Waals surface area contributed by atoms with Gasteiger partial charge in [0.2, 0.25) is 0 Å². The van der Waals surface area contributed by atoms with E-state index in [1.807, 2.05) is 0 Å². The number of nitrogens with zero attached hydrogens (tertiary/aromatic N) is 3. The van der Waals surface area contributed by atoms with Crippen molar-refractivity contribution in [3.63, 3.8) is 0 Å². The van der Waals surface area contributed by atoms with Gasteiger partial charge in [-0.3, -0.25) is 0 Å². The molecule has 0 heterocycles. The van der Waals surface area contributed by atoms with Crippen LogP contribution in [0.2, 0.25) is 0 Å². The van der Waals surface area contributed by atoms with Crippen molar-refractivity contribution < 1.29 is 30.7 Å². The van der Waals surface area contributed by atoms with E-state index < -0.39 is 5.09 Å². The zero-order valence-corrected chi connectivity index (χ0v) is 7.26. The summed E-state index contributed by atoms with van der Waals surface area (Å²) < 4.78 is 0. The fourth-order valence-corrected chi connectivity index (χ4v) is 0. The first kappa shape index (κ1) is 41.6. The molecule has 0 spiro atoms. The monoisotopic (exact) mass is 293 g/mol. The first-order chi connectivity index (χ1) is 4.56. The van der Waals surface area contributed by atoms with Gasteiger partial charge in [-0.05, 0) is 0 Å². The van der Waals surface area contributed by atoms with E-state index in [1.54, 1.807) is 0 Å². The van der Waals surface area contributed by atoms with Gasteiger partial charge in [-0.1, -0.05) is 0 Å². The molecule has 0 aliphatic rings. The quantitative estimate of drug-likeness (QED) is 0.299. The summed E-state index contributed by atoms with van der Waals surface area (Å²) in [7, 11) is 0. The maximum atomic E-state index is 8.36. The maximum absolute atomic E-state index is 8.36. The van der Waals surface area contributed by atoms with E-state index in [2.05, 4.69) is 0 Å². The second-order valence-corrected chi connectivity index (χ2v) is 0.387. The van der Waals surface area contributed by atoms with Crippen LogP contribution in [0.15, 0.2) is 10.7 Å². The van der Waals surface area contributed by atoms with Gasteiger partial charge in [-0.2, -0.15) is 0 Å². The summed E-state index contributed by atoms with van der Waals surface area (Å²) in [5, 5.41) is 31.6. The van der Waals surface area contributed by atoms with E-state index in [9.17, 15) is 0 Å². The predicted molar refractivity (Wildman–Crippen MR) is 37.7 cm³/mol. The molecule has 0 radical (unpaired) electrons. The van der Waals surface area contributed by atoms with Crippen LogP contribution in [0, 0.1) is 30.3 Å². The minimum atomic E-state index is -1.50. The second kappa shape index (κ2) is 75.7. The Hall–Kier alpha value is -1.42. The SMILES string of the molecule is O=N[O-].O=N[O-].O=[N+]([O-])O.[NH2-].[NH2-].[Pd+2]. The largest absolute Gasteiger partial charge is 2.00 e. The minimum absolute atomic E-state index is 0. The van der Waals surface area contributed by atoms with Crippen LogP contribution in [0.5, 0.6) is 0 Å². The Morgan fingerprint density at radius 2 is 1.08 bits per heavy atom. The van der Waals surface area contributed by atoms with E-state index >= 15 is 0 Å². The summed E-state index contributed by atoms with van der Waals surface area (Å²) in [5.41, 5.74) is 0. The standard InChI is InChI=1S/HNO3.2HNO2.2H2N.Pd/c2-1(3)4;2*2-1-3;;;/h(H,2,3,4);2*(H,2,3);2*1H2;/q;;;2*-1;+2/p-2. The molecule has 0 fully saturated rings. The van der Waals surface area contributed by atoms with Gasteiger partial charge in [0, 0.05) is 0 Å². The van der Waals surface area contributed by atoms with Crippen LogP contribution in [-0.2, 0) is 20.4 Å². The molecule has 13 heavy (non-hydrogen) atoms. The molecule has 0 saturated heterocycles. The molecule has 0 unspecified atom stereocenters. The summed E-state index contributed by atoms with van der Waals surface area (Å²) in [5.74, 6) is 0. The summed E-state index contributed by atoms with van der Waals surface area (Å²) in [6.45, 7) is 0. The Balaban J connectivity index is -0.0000000128. The van der Waals surface area contributed by atoms with Gasteiger partial charge in [0.25, 0.3) is 5.09 Å². The normalized spacial score (nSPS) is 3.69. The van der Waals surface area contributed by atoms with E-state index in [-0.39, 0.29) is 32.7 Å². The fourth-order valence-electron chi connectivity index (χ4n) is 0. The van der Waals surface area contributed by atoms with Crippen molar-refractivity contribution in [3.05, 3.63) is 42.6 Å². The van der Waals surface area contributed by atoms with Gasteiger partial charge < -0.3 is 37.7 Å². The maximum Gasteiger partial charge on any atom is 2.00 e. The number of hydrogen-bond acceptors (Lipinski definition) is 8. The van der Waals surface area contributed by atoms with E-state index in [0.29, 0.717) is 0 Å². The number of rotatable bonds is 0. The van der Waals surface area contributed by atoms with Crippen molar-refractivity contribution >= 4 is 0 Å². The second-order valence-electron chi connectivity index (χ2n) is 0.387. The molecular formula is H5N5O7Pd-2. The Labute approximate surface area is 84.7 Å². The number of nitrogens with two attached hydrogens (primary N) is 2. The predicted octanol–water partition coefficient (Wildman–Crippen LogP) is 1.59. The van der Waals surface area contributed by atoms with E-state index in [0.717, 1.165) is 10.7 Å². The van der Waals surface area contributed by atoms with Crippen molar-refractivity contribution in [2.75, 3.05) is 0 Å². The molecule has 0 aromatic carbocycles. The third kappa shape index (κ3) is 388. The van der Waals surface area contributed by atoms with Crippen molar-refractivity contribution in [2.45, 2.75) is 0 Å². The Bertz CT molecular complexity index is 84.9. The molecule has 84 valence electrons. The molecule has 0 rings (SSSR count). The Morgan fingerprint density at radius 1 is 1.08 bits per heavy atom. The van der Waals surface area contributed by atoms with Crippen molar-refractivity contribution in [3.8, 4) is 0 Å². The molecule has 13 heteroatoms. The van der Waals surface area contributed by atoms with Crippen molar-refractivity contribution in [1.82, 2.24) is 0 Å². The van der Waals surface area contributed by atoms with Crippen molar-refractivity contribution in [2.24, 2.45) is 10.7 Å². The van der Waals surface area contributed by atoms with Crippen LogP contribution in [-0.4, -0.2) is 10.3 Å². The van der Waals surface area contributed by atoms with Gasteiger partial charge in [-0.15, -0.1) is 20.8 Å². The first-order valence-electron chi connectivity index (χ1n) is 1.30. The average Bonchev–Trinajstić information content (AvgIpc) is 1.65. The molecule has 0 atom stereocenters. The molecule has 0 saturated carbocycles. The summed E-state index contributed by atoms with van der Waals surface area (Å²) in [6, 6.07) is 0. The first-order valence-corrected chi connectivity index (χ1v) is 1.30. The average molecular weight is 293 g/mol. The van der Waals surface area contributed by atoms with Gasteiger partial charge in [0.05, 0.1) is 0 Å². The molecule has 0 aromatic heterocycles. The van der Waals surface area contributed by atoms with Gasteiger partial charge >= 0.3 is 20.4 Å². The molecule has 0 amide bonds. The number of hydrogen-bond donors (Lipinski definition) is 1. The fraction of sp³-hybridized carbons (Fsp3) is 0. The van der Waals surface area contributed by atoms with Crippen molar-refractivity contribution in [1.29, 1.82) is 0 Å². The molecule has 0 bridgehead atoms. The zero-order valence-electron chi connectivity index (χ0n) is 5.71. The van der Waals surface area contributed by atoms with Gasteiger partial charge in [0.15, 0.2) is 0 Å². The van der Waals surface area contributed by atoms with E-state index in [1.165, 1.54) is 0 Å². The summed E-state index contributed by atoms with van der Waals surface area (Å²) in [4.78, 5) is 24.4. The Morgan fingerprint density at radius 3 is 1.08 bits per heavy atom. The third-order valence-corrected chi connectivity index (χ3v) is 0. The smallest absolute Gasteiger partial charge is 0.693 e. The molecule has 0 aliphatic carbocycles. The zero-order chi connectivity index (χ0) is 8.99. The molecule has 0 aromatic rings. The van der Waals surface area contributed by atoms with Crippen LogP contribution in [0.1, 0.15) is 0 Å². The molecular weight excluding hydrogens is 288 g/mol. The topological polar surface area (TPSA) is 235 Å². The molecule has 5 N–H and O–H groups in total. The van der Waals surface area contributed by atoms with Gasteiger partial charge in [0.1, 0.15) is 0 Å². The van der Waals surface area contributed by atoms with Crippen LogP contribution in [0.25, 0.3) is 12.3 Å². The summed E-state index contributed by atoms with van der Waals surface area (Å²) >= 11 is 0. The van der Waals surface area contributed by atoms with Crippen LogP contribution >= 0.6 is 0 Å². The Kier molecular flexibility index (Phi) is 242.